The lowest BCUT2D eigenvalue weighted by atomic mass is 10.0. The Kier molecular flexibility index (Phi) is 3.85. The highest BCUT2D eigenvalue weighted by atomic mass is 16.5. The fraction of sp³-hybridized carbons (Fsp3) is 0.286. The lowest BCUT2D eigenvalue weighted by Crippen LogP contribution is -2.39. The van der Waals surface area contributed by atoms with Crippen molar-refractivity contribution in [2.45, 2.75) is 18.9 Å². The van der Waals surface area contributed by atoms with Gasteiger partial charge in [-0.05, 0) is 18.1 Å². The van der Waals surface area contributed by atoms with Crippen molar-refractivity contribution in [3.8, 4) is 0 Å². The first-order valence-corrected chi connectivity index (χ1v) is 6.01. The van der Waals surface area contributed by atoms with Gasteiger partial charge in [-0.1, -0.05) is 36.4 Å². The number of carboxylic acid groups (broad SMARTS) is 1. The summed E-state index contributed by atoms with van der Waals surface area (Å²) in [5, 5.41) is 10.9. The first-order chi connectivity index (χ1) is 9.08. The number of amides is 1. The second-order valence-electron chi connectivity index (χ2n) is 4.40. The fourth-order valence-electron chi connectivity index (χ4n) is 1.91. The molecular formula is C14H15NO4. The van der Waals surface area contributed by atoms with Crippen LogP contribution in [0.2, 0.25) is 0 Å². The summed E-state index contributed by atoms with van der Waals surface area (Å²) in [6, 6.07) is 6.91. The molecule has 1 aliphatic rings. The topological polar surface area (TPSA) is 75.6 Å². The average Bonchev–Trinajstić information content (AvgIpc) is 2.79. The van der Waals surface area contributed by atoms with Crippen molar-refractivity contribution in [2.24, 2.45) is 0 Å². The van der Waals surface area contributed by atoms with Crippen molar-refractivity contribution < 1.29 is 19.4 Å². The quantitative estimate of drug-likeness (QED) is 0.869. The van der Waals surface area contributed by atoms with E-state index in [0.717, 1.165) is 11.1 Å². The highest BCUT2D eigenvalue weighted by Crippen LogP contribution is 2.29. The van der Waals surface area contributed by atoms with Gasteiger partial charge in [0, 0.05) is 5.92 Å². The zero-order valence-electron chi connectivity index (χ0n) is 10.5. The standard InChI is InChI=1S/C14H15NO4/c1-9(13(16)17)15-14(18)19-8-11-7-6-10-4-2-3-5-12(10)11/h2-7,9,11H,8H2,1H3,(H,15,18)(H,16,17). The third-order valence-corrected chi connectivity index (χ3v) is 3.00. The Balaban J connectivity index is 1.86. The van der Waals surface area contributed by atoms with Crippen LogP contribution in [0.5, 0.6) is 0 Å². The summed E-state index contributed by atoms with van der Waals surface area (Å²) in [4.78, 5) is 22.0. The SMILES string of the molecule is CC(NC(=O)OCC1C=Cc2ccccc21)C(=O)O. The summed E-state index contributed by atoms with van der Waals surface area (Å²) >= 11 is 0. The first-order valence-electron chi connectivity index (χ1n) is 6.01. The van der Waals surface area contributed by atoms with E-state index < -0.39 is 18.1 Å². The van der Waals surface area contributed by atoms with Crippen molar-refractivity contribution in [2.75, 3.05) is 6.61 Å². The molecule has 0 bridgehead atoms. The van der Waals surface area contributed by atoms with Gasteiger partial charge in [-0.15, -0.1) is 0 Å². The Morgan fingerprint density at radius 1 is 1.42 bits per heavy atom. The lowest BCUT2D eigenvalue weighted by Gasteiger charge is -2.13. The summed E-state index contributed by atoms with van der Waals surface area (Å²) in [6.45, 7) is 1.58. The average molecular weight is 261 g/mol. The Morgan fingerprint density at radius 3 is 2.89 bits per heavy atom. The van der Waals surface area contributed by atoms with E-state index in [1.165, 1.54) is 6.92 Å². The molecule has 2 rings (SSSR count). The van der Waals surface area contributed by atoms with Crippen LogP contribution in [0.25, 0.3) is 6.08 Å². The van der Waals surface area contributed by atoms with Crippen molar-refractivity contribution in [1.29, 1.82) is 0 Å². The molecule has 0 saturated carbocycles. The lowest BCUT2D eigenvalue weighted by molar-refractivity contribution is -0.138. The highest BCUT2D eigenvalue weighted by molar-refractivity contribution is 5.79. The van der Waals surface area contributed by atoms with E-state index in [1.807, 2.05) is 36.4 Å². The first kappa shape index (κ1) is 13.1. The molecule has 5 heteroatoms. The number of rotatable bonds is 4. The summed E-state index contributed by atoms with van der Waals surface area (Å²) in [6.07, 6.45) is 3.24. The Morgan fingerprint density at radius 2 is 2.16 bits per heavy atom. The molecule has 2 N–H and O–H groups in total. The van der Waals surface area contributed by atoms with Gasteiger partial charge in [0.15, 0.2) is 0 Å². The number of hydrogen-bond donors (Lipinski definition) is 2. The maximum Gasteiger partial charge on any atom is 0.407 e. The molecule has 1 aliphatic carbocycles. The predicted octanol–water partition coefficient (Wildman–Crippen LogP) is 2.00. The second kappa shape index (κ2) is 5.56. The minimum absolute atomic E-state index is 0.0297. The zero-order chi connectivity index (χ0) is 13.8. The number of carbonyl (C=O) groups excluding carboxylic acids is 1. The van der Waals surface area contributed by atoms with Crippen LogP contribution < -0.4 is 5.32 Å². The van der Waals surface area contributed by atoms with Crippen LogP contribution in [0.15, 0.2) is 30.3 Å². The van der Waals surface area contributed by atoms with Gasteiger partial charge in [0.1, 0.15) is 12.6 Å². The highest BCUT2D eigenvalue weighted by Gasteiger charge is 2.20. The molecule has 0 fully saturated rings. The number of ether oxygens (including phenoxy) is 1. The molecule has 5 nitrogen and oxygen atoms in total. The fourth-order valence-corrected chi connectivity index (χ4v) is 1.91. The zero-order valence-corrected chi connectivity index (χ0v) is 10.5. The third-order valence-electron chi connectivity index (χ3n) is 3.00. The summed E-state index contributed by atoms with van der Waals surface area (Å²) < 4.78 is 5.04. The van der Waals surface area contributed by atoms with Gasteiger partial charge >= 0.3 is 12.1 Å². The number of fused-ring (bicyclic) bond motifs is 1. The predicted molar refractivity (Wildman–Crippen MR) is 69.8 cm³/mol. The molecule has 0 spiro atoms. The van der Waals surface area contributed by atoms with Crippen molar-refractivity contribution >= 4 is 18.1 Å². The molecule has 0 aliphatic heterocycles. The van der Waals surface area contributed by atoms with Gasteiger partial charge in [-0.25, -0.2) is 4.79 Å². The van der Waals surface area contributed by atoms with Crippen molar-refractivity contribution in [3.05, 3.63) is 41.5 Å². The van der Waals surface area contributed by atoms with Gasteiger partial charge in [0.25, 0.3) is 0 Å². The van der Waals surface area contributed by atoms with Crippen LogP contribution in [0.3, 0.4) is 0 Å². The van der Waals surface area contributed by atoms with E-state index in [9.17, 15) is 9.59 Å². The molecule has 1 amide bonds. The maximum atomic E-state index is 11.4. The van der Waals surface area contributed by atoms with Crippen molar-refractivity contribution in [3.63, 3.8) is 0 Å². The largest absolute Gasteiger partial charge is 0.480 e. The van der Waals surface area contributed by atoms with E-state index >= 15 is 0 Å². The van der Waals surface area contributed by atoms with Gasteiger partial charge in [-0.3, -0.25) is 4.79 Å². The molecule has 0 aromatic heterocycles. The molecule has 19 heavy (non-hydrogen) atoms. The third kappa shape index (κ3) is 3.13. The maximum absolute atomic E-state index is 11.4. The smallest absolute Gasteiger partial charge is 0.407 e. The van der Waals surface area contributed by atoms with E-state index in [1.54, 1.807) is 0 Å². The summed E-state index contributed by atoms with van der Waals surface area (Å²) in [5.41, 5.74) is 2.23. The van der Waals surface area contributed by atoms with Gasteiger partial charge < -0.3 is 15.2 Å². The van der Waals surface area contributed by atoms with E-state index in [-0.39, 0.29) is 12.5 Å². The van der Waals surface area contributed by atoms with Crippen LogP contribution in [0, 0.1) is 0 Å². The Labute approximate surface area is 110 Å². The van der Waals surface area contributed by atoms with Crippen LogP contribution in [-0.4, -0.2) is 29.8 Å². The Hall–Kier alpha value is -2.30. The number of carbonyl (C=O) groups is 2. The molecule has 1 aromatic carbocycles. The molecule has 0 radical (unpaired) electrons. The monoisotopic (exact) mass is 261 g/mol. The molecule has 0 heterocycles. The molecule has 100 valence electrons. The summed E-state index contributed by atoms with van der Waals surface area (Å²) in [7, 11) is 0. The second-order valence-corrected chi connectivity index (χ2v) is 4.40. The molecule has 2 unspecified atom stereocenters. The Bertz CT molecular complexity index is 524. The number of benzene rings is 1. The number of alkyl carbamates (subject to hydrolysis) is 1. The van der Waals surface area contributed by atoms with E-state index in [2.05, 4.69) is 5.32 Å². The molecule has 0 saturated heterocycles. The van der Waals surface area contributed by atoms with Gasteiger partial charge in [0.05, 0.1) is 0 Å². The van der Waals surface area contributed by atoms with Gasteiger partial charge in [-0.2, -0.15) is 0 Å². The van der Waals surface area contributed by atoms with E-state index in [0.29, 0.717) is 0 Å². The van der Waals surface area contributed by atoms with Crippen molar-refractivity contribution in [1.82, 2.24) is 5.32 Å². The molecule has 1 aromatic rings. The normalized spacial score (nSPS) is 17.6. The molecular weight excluding hydrogens is 246 g/mol. The van der Waals surface area contributed by atoms with E-state index in [4.69, 9.17) is 9.84 Å². The minimum Gasteiger partial charge on any atom is -0.480 e. The van der Waals surface area contributed by atoms with Crippen LogP contribution in [-0.2, 0) is 9.53 Å². The minimum atomic E-state index is -1.09. The number of nitrogens with one attached hydrogen (secondary N) is 1. The number of aliphatic carboxylic acids is 1. The summed E-state index contributed by atoms with van der Waals surface area (Å²) in [5.74, 6) is -1.06. The number of hydrogen-bond acceptors (Lipinski definition) is 3. The van der Waals surface area contributed by atoms with Crippen LogP contribution in [0.4, 0.5) is 4.79 Å². The van der Waals surface area contributed by atoms with Gasteiger partial charge in [0.2, 0.25) is 0 Å². The number of carboxylic acids is 1. The molecule has 2 atom stereocenters. The van der Waals surface area contributed by atoms with Crippen LogP contribution in [0.1, 0.15) is 24.0 Å². The van der Waals surface area contributed by atoms with Crippen LogP contribution >= 0.6 is 0 Å².